The zero-order valence-electron chi connectivity index (χ0n) is 14.8. The number of amides is 3. The van der Waals surface area contributed by atoms with Gasteiger partial charge in [-0.25, -0.2) is 0 Å². The van der Waals surface area contributed by atoms with Gasteiger partial charge in [0.1, 0.15) is 6.54 Å². The smallest absolute Gasteiger partial charge is 0.294 e. The first-order chi connectivity index (χ1) is 12.6. The molecule has 0 aliphatic carbocycles. The Morgan fingerprint density at radius 2 is 1.77 bits per heavy atom. The van der Waals surface area contributed by atoms with Crippen LogP contribution in [0.15, 0.2) is 34.1 Å². The molecule has 2 heterocycles. The molecule has 0 radical (unpaired) electrons. The minimum Gasteiger partial charge on any atom is -0.341 e. The maximum absolute atomic E-state index is 12.6. The molecule has 0 bridgehead atoms. The molecule has 3 amide bonds. The van der Waals surface area contributed by atoms with Gasteiger partial charge < -0.3 is 4.90 Å². The third kappa shape index (κ3) is 4.51. The summed E-state index contributed by atoms with van der Waals surface area (Å²) in [5.74, 6) is -0.517. The highest BCUT2D eigenvalue weighted by Gasteiger charge is 2.37. The van der Waals surface area contributed by atoms with Gasteiger partial charge in [0.2, 0.25) is 5.91 Å². The number of benzene rings is 1. The summed E-state index contributed by atoms with van der Waals surface area (Å²) in [6, 6.07) is 7.79. The van der Waals surface area contributed by atoms with Crippen molar-refractivity contribution in [3.63, 3.8) is 0 Å². The average molecular weight is 391 g/mol. The van der Waals surface area contributed by atoms with Crippen molar-refractivity contribution in [1.29, 1.82) is 0 Å². The number of imide groups is 1. The Morgan fingerprint density at radius 1 is 1.12 bits per heavy atom. The van der Waals surface area contributed by atoms with Crippen LogP contribution in [0.25, 0.3) is 6.08 Å². The van der Waals surface area contributed by atoms with Crippen molar-refractivity contribution in [1.82, 2.24) is 9.80 Å². The van der Waals surface area contributed by atoms with Gasteiger partial charge in [-0.05, 0) is 54.6 Å². The van der Waals surface area contributed by atoms with Gasteiger partial charge in [-0.1, -0.05) is 25.0 Å². The molecule has 1 aromatic rings. The Kier molecular flexibility index (Phi) is 6.43. The quantitative estimate of drug-likeness (QED) is 0.577. The van der Waals surface area contributed by atoms with Crippen LogP contribution < -0.4 is 0 Å². The molecule has 0 aromatic heterocycles. The summed E-state index contributed by atoms with van der Waals surface area (Å²) in [7, 11) is 0. The fourth-order valence-corrected chi connectivity index (χ4v) is 4.29. The van der Waals surface area contributed by atoms with Crippen LogP contribution in [0.1, 0.15) is 31.2 Å². The summed E-state index contributed by atoms with van der Waals surface area (Å²) in [6.45, 7) is 1.27. The van der Waals surface area contributed by atoms with Crippen LogP contribution in [0.5, 0.6) is 0 Å². The van der Waals surface area contributed by atoms with Crippen molar-refractivity contribution in [2.45, 2.75) is 30.6 Å². The van der Waals surface area contributed by atoms with Crippen molar-refractivity contribution in [3.05, 3.63) is 34.7 Å². The number of hydrogen-bond acceptors (Lipinski definition) is 5. The Hall–Kier alpha value is -1.73. The minimum absolute atomic E-state index is 0.139. The van der Waals surface area contributed by atoms with Crippen molar-refractivity contribution < 1.29 is 14.4 Å². The lowest BCUT2D eigenvalue weighted by atomic mass is 10.2. The lowest BCUT2D eigenvalue weighted by molar-refractivity contribution is -0.135. The first-order valence-corrected chi connectivity index (χ1v) is 10.8. The molecule has 0 saturated carbocycles. The van der Waals surface area contributed by atoms with Gasteiger partial charge in [0, 0.05) is 18.0 Å². The highest BCUT2D eigenvalue weighted by molar-refractivity contribution is 8.18. The highest BCUT2D eigenvalue weighted by atomic mass is 32.2. The normalized spacial score (nSPS) is 20.0. The SMILES string of the molecule is CSc1ccc(/C=C2\SC(=O)N(CC(=O)N3CCCCCC3)C2=O)cc1. The molecule has 2 aliphatic heterocycles. The van der Waals surface area contributed by atoms with Gasteiger partial charge in [0.25, 0.3) is 11.1 Å². The minimum atomic E-state index is -0.378. The lowest BCUT2D eigenvalue weighted by Gasteiger charge is -2.22. The van der Waals surface area contributed by atoms with E-state index >= 15 is 0 Å². The highest BCUT2D eigenvalue weighted by Crippen LogP contribution is 2.32. The standard InChI is InChI=1S/C19H22N2O3S2/c1-25-15-8-6-14(7-9-15)12-16-18(23)21(19(24)26-16)13-17(22)20-10-4-2-3-5-11-20/h6-9,12H,2-5,10-11,13H2,1H3/b16-12-. The molecule has 1 aromatic carbocycles. The summed E-state index contributed by atoms with van der Waals surface area (Å²) < 4.78 is 0. The van der Waals surface area contributed by atoms with E-state index in [-0.39, 0.29) is 23.6 Å². The van der Waals surface area contributed by atoms with Gasteiger partial charge in [-0.15, -0.1) is 11.8 Å². The largest absolute Gasteiger partial charge is 0.341 e. The second kappa shape index (κ2) is 8.77. The molecular weight excluding hydrogens is 368 g/mol. The number of carbonyl (C=O) groups excluding carboxylic acids is 3. The van der Waals surface area contributed by atoms with E-state index < -0.39 is 0 Å². The number of hydrogen-bond donors (Lipinski definition) is 0. The summed E-state index contributed by atoms with van der Waals surface area (Å²) in [4.78, 5) is 41.6. The molecule has 26 heavy (non-hydrogen) atoms. The van der Waals surface area contributed by atoms with Crippen molar-refractivity contribution >= 4 is 46.7 Å². The number of nitrogens with zero attached hydrogens (tertiary/aromatic N) is 2. The molecule has 7 heteroatoms. The summed E-state index contributed by atoms with van der Waals surface area (Å²) in [6.07, 6.45) is 7.94. The summed E-state index contributed by atoms with van der Waals surface area (Å²) >= 11 is 2.55. The van der Waals surface area contributed by atoms with E-state index in [2.05, 4.69) is 0 Å². The fourth-order valence-electron chi connectivity index (χ4n) is 3.04. The second-order valence-electron chi connectivity index (χ2n) is 6.34. The molecule has 2 fully saturated rings. The van der Waals surface area contributed by atoms with E-state index in [0.29, 0.717) is 18.0 Å². The van der Waals surface area contributed by atoms with E-state index in [1.807, 2.05) is 30.5 Å². The molecule has 0 spiro atoms. The molecule has 2 aliphatic rings. The van der Waals surface area contributed by atoms with E-state index in [0.717, 1.165) is 52.8 Å². The predicted molar refractivity (Wildman–Crippen MR) is 106 cm³/mol. The molecular formula is C19H22N2O3S2. The predicted octanol–water partition coefficient (Wildman–Crippen LogP) is 3.85. The molecule has 3 rings (SSSR count). The maximum Gasteiger partial charge on any atom is 0.294 e. The Labute approximate surface area is 162 Å². The van der Waals surface area contributed by atoms with Crippen LogP contribution in [0, 0.1) is 0 Å². The number of likely N-dealkylation sites (tertiary alicyclic amines) is 1. The molecule has 0 N–H and O–H groups in total. The van der Waals surface area contributed by atoms with E-state index in [4.69, 9.17) is 0 Å². The maximum atomic E-state index is 12.6. The van der Waals surface area contributed by atoms with Gasteiger partial charge >= 0.3 is 0 Å². The van der Waals surface area contributed by atoms with Gasteiger partial charge in [-0.2, -0.15) is 0 Å². The van der Waals surface area contributed by atoms with Crippen molar-refractivity contribution in [2.75, 3.05) is 25.9 Å². The summed E-state index contributed by atoms with van der Waals surface area (Å²) in [5.41, 5.74) is 0.868. The van der Waals surface area contributed by atoms with Crippen molar-refractivity contribution in [3.8, 4) is 0 Å². The zero-order valence-corrected chi connectivity index (χ0v) is 16.4. The molecule has 5 nitrogen and oxygen atoms in total. The second-order valence-corrected chi connectivity index (χ2v) is 8.21. The van der Waals surface area contributed by atoms with E-state index in [9.17, 15) is 14.4 Å². The van der Waals surface area contributed by atoms with E-state index in [1.165, 1.54) is 0 Å². The summed E-state index contributed by atoms with van der Waals surface area (Å²) in [5, 5.41) is -0.370. The molecule has 2 saturated heterocycles. The molecule has 138 valence electrons. The van der Waals surface area contributed by atoms with Crippen LogP contribution in [-0.2, 0) is 9.59 Å². The topological polar surface area (TPSA) is 57.7 Å². The lowest BCUT2D eigenvalue weighted by Crippen LogP contribution is -2.42. The van der Waals surface area contributed by atoms with E-state index in [1.54, 1.807) is 22.7 Å². The molecule has 0 atom stereocenters. The van der Waals surface area contributed by atoms with Crippen LogP contribution in [0.3, 0.4) is 0 Å². The first-order valence-electron chi connectivity index (χ1n) is 8.75. The third-order valence-electron chi connectivity index (χ3n) is 4.54. The number of thioether (sulfide) groups is 2. The first kappa shape index (κ1) is 19.0. The van der Waals surface area contributed by atoms with Gasteiger partial charge in [0.15, 0.2) is 0 Å². The average Bonchev–Trinajstić information content (AvgIpc) is 2.86. The van der Waals surface area contributed by atoms with Crippen molar-refractivity contribution in [2.24, 2.45) is 0 Å². The van der Waals surface area contributed by atoms with Crippen LogP contribution in [-0.4, -0.2) is 52.7 Å². The zero-order chi connectivity index (χ0) is 18.5. The Morgan fingerprint density at radius 3 is 2.38 bits per heavy atom. The number of rotatable bonds is 4. The monoisotopic (exact) mass is 390 g/mol. The Balaban J connectivity index is 1.67. The van der Waals surface area contributed by atoms with Crippen LogP contribution in [0.2, 0.25) is 0 Å². The number of carbonyl (C=O) groups is 3. The van der Waals surface area contributed by atoms with Crippen LogP contribution in [0.4, 0.5) is 4.79 Å². The molecule has 0 unspecified atom stereocenters. The van der Waals surface area contributed by atoms with Gasteiger partial charge in [0.05, 0.1) is 4.91 Å². The Bertz CT molecular complexity index is 723. The fraction of sp³-hybridized carbons (Fsp3) is 0.421. The third-order valence-corrected chi connectivity index (χ3v) is 6.19. The van der Waals surface area contributed by atoms with Crippen LogP contribution >= 0.6 is 23.5 Å². The van der Waals surface area contributed by atoms with Gasteiger partial charge in [-0.3, -0.25) is 19.3 Å².